The maximum atomic E-state index is 12.3. The van der Waals surface area contributed by atoms with Crippen LogP contribution in [0.5, 0.6) is 5.75 Å². The fourth-order valence-electron chi connectivity index (χ4n) is 3.95. The van der Waals surface area contributed by atoms with E-state index >= 15 is 0 Å². The van der Waals surface area contributed by atoms with E-state index in [1.54, 1.807) is 18.2 Å². The number of carbonyl (C=O) groups excluding carboxylic acids is 1. The van der Waals surface area contributed by atoms with E-state index in [1.165, 1.54) is 31.9 Å². The molecule has 1 aromatic carbocycles. The molecule has 0 radical (unpaired) electrons. The van der Waals surface area contributed by atoms with Gasteiger partial charge in [0.1, 0.15) is 5.75 Å². The summed E-state index contributed by atoms with van der Waals surface area (Å²) in [4.78, 5) is 12.3. The molecule has 1 unspecified atom stereocenters. The van der Waals surface area contributed by atoms with Crippen LogP contribution in [-0.2, 0) is 4.79 Å². The molecule has 0 aromatic heterocycles. The average Bonchev–Trinajstić information content (AvgIpc) is 3.34. The molecule has 3 fully saturated rings. The van der Waals surface area contributed by atoms with Crippen molar-refractivity contribution in [2.75, 3.05) is 0 Å². The lowest BCUT2D eigenvalue weighted by Crippen LogP contribution is -2.25. The molecule has 0 spiro atoms. The summed E-state index contributed by atoms with van der Waals surface area (Å²) in [5.41, 5.74) is 3.60. The number of benzene rings is 1. The highest BCUT2D eigenvalue weighted by Gasteiger charge is 2.70. The van der Waals surface area contributed by atoms with E-state index in [9.17, 15) is 9.90 Å². The zero-order valence-electron chi connectivity index (χ0n) is 12.0. The van der Waals surface area contributed by atoms with Crippen molar-refractivity contribution in [2.24, 2.45) is 28.3 Å². The number of para-hydroxylation sites is 1. The number of nitrogens with one attached hydrogen (secondary N) is 1. The van der Waals surface area contributed by atoms with Crippen LogP contribution < -0.4 is 5.43 Å². The second-order valence-corrected chi connectivity index (χ2v) is 6.71. The van der Waals surface area contributed by atoms with E-state index < -0.39 is 0 Å². The summed E-state index contributed by atoms with van der Waals surface area (Å²) in [7, 11) is 0. The molecule has 0 heterocycles. The Balaban J connectivity index is 1.38. The van der Waals surface area contributed by atoms with E-state index in [-0.39, 0.29) is 17.6 Å². The van der Waals surface area contributed by atoms with Gasteiger partial charge in [-0.05, 0) is 61.5 Å². The molecule has 1 aromatic rings. The Morgan fingerprint density at radius 2 is 1.90 bits per heavy atom. The summed E-state index contributed by atoms with van der Waals surface area (Å²) < 4.78 is 0. The highest BCUT2D eigenvalue weighted by molar-refractivity contribution is 5.87. The molecule has 1 atom stereocenters. The number of phenols is 1. The molecule has 1 amide bonds. The molecule has 2 N–H and O–H groups in total. The molecule has 3 saturated carbocycles. The molecule has 4 heteroatoms. The summed E-state index contributed by atoms with van der Waals surface area (Å²) in [5.74, 6) is 1.98. The van der Waals surface area contributed by atoms with Crippen LogP contribution in [0.1, 0.15) is 37.7 Å². The van der Waals surface area contributed by atoms with Crippen LogP contribution >= 0.6 is 0 Å². The van der Waals surface area contributed by atoms with Crippen molar-refractivity contribution < 1.29 is 9.90 Å². The van der Waals surface area contributed by atoms with E-state index in [0.717, 1.165) is 18.3 Å². The molecule has 3 aliphatic carbocycles. The lowest BCUT2D eigenvalue weighted by Gasteiger charge is -2.14. The van der Waals surface area contributed by atoms with Gasteiger partial charge in [-0.15, -0.1) is 0 Å². The predicted molar refractivity (Wildman–Crippen MR) is 79.8 cm³/mol. The molecule has 4 rings (SSSR count). The third-order valence-corrected chi connectivity index (χ3v) is 5.35. The minimum atomic E-state index is 0.0560. The molecule has 3 aliphatic rings. The van der Waals surface area contributed by atoms with Gasteiger partial charge in [0.05, 0.1) is 6.21 Å². The number of phenolic OH excluding ortho intramolecular Hbond substituents is 1. The number of hydrogen-bond acceptors (Lipinski definition) is 3. The van der Waals surface area contributed by atoms with E-state index in [2.05, 4.69) is 10.5 Å². The molecule has 0 saturated heterocycles. The zero-order valence-corrected chi connectivity index (χ0v) is 12.0. The Kier molecular flexibility index (Phi) is 2.81. The van der Waals surface area contributed by atoms with Gasteiger partial charge in [-0.2, -0.15) is 5.10 Å². The van der Waals surface area contributed by atoms with Gasteiger partial charge < -0.3 is 5.11 Å². The standard InChI is InChI=1S/C17H20N2O2/c20-15-4-2-1-3-11(15)10-18-19-16(21)14-9-17(14,12-5-6-12)13-7-8-13/h1-4,10,12-14,20H,5-9H2,(H,19,21). The third kappa shape index (κ3) is 2.23. The second-order valence-electron chi connectivity index (χ2n) is 6.71. The Morgan fingerprint density at radius 3 is 2.52 bits per heavy atom. The monoisotopic (exact) mass is 284 g/mol. The number of amides is 1. The first kappa shape index (κ1) is 12.9. The van der Waals surface area contributed by atoms with Crippen LogP contribution in [0.25, 0.3) is 0 Å². The van der Waals surface area contributed by atoms with Crippen LogP contribution in [0.15, 0.2) is 29.4 Å². The molecule has 0 bridgehead atoms. The fourth-order valence-corrected chi connectivity index (χ4v) is 3.95. The highest BCUT2D eigenvalue weighted by atomic mass is 16.3. The summed E-state index contributed by atoms with van der Waals surface area (Å²) in [5, 5.41) is 13.6. The minimum absolute atomic E-state index is 0.0560. The van der Waals surface area contributed by atoms with Crippen LogP contribution in [0, 0.1) is 23.2 Å². The van der Waals surface area contributed by atoms with Gasteiger partial charge in [0.2, 0.25) is 5.91 Å². The van der Waals surface area contributed by atoms with Gasteiger partial charge in [-0.3, -0.25) is 4.79 Å². The van der Waals surface area contributed by atoms with Crippen molar-refractivity contribution in [3.8, 4) is 5.75 Å². The molecule has 0 aliphatic heterocycles. The lowest BCUT2D eigenvalue weighted by atomic mass is 9.91. The van der Waals surface area contributed by atoms with Crippen molar-refractivity contribution in [1.82, 2.24) is 5.43 Å². The SMILES string of the molecule is O=C(NN=Cc1ccccc1O)C1CC1(C1CC1)C1CC1. The summed E-state index contributed by atoms with van der Waals surface area (Å²) in [6.07, 6.45) is 7.79. The molecule has 110 valence electrons. The van der Waals surface area contributed by atoms with Crippen molar-refractivity contribution in [3.63, 3.8) is 0 Å². The minimum Gasteiger partial charge on any atom is -0.507 e. The zero-order chi connectivity index (χ0) is 14.4. The van der Waals surface area contributed by atoms with Crippen molar-refractivity contribution in [2.45, 2.75) is 32.1 Å². The van der Waals surface area contributed by atoms with E-state index in [1.807, 2.05) is 6.07 Å². The maximum Gasteiger partial charge on any atom is 0.243 e. The smallest absolute Gasteiger partial charge is 0.243 e. The lowest BCUT2D eigenvalue weighted by molar-refractivity contribution is -0.123. The largest absolute Gasteiger partial charge is 0.507 e. The Bertz CT molecular complexity index is 591. The molecular weight excluding hydrogens is 264 g/mol. The van der Waals surface area contributed by atoms with Gasteiger partial charge in [0, 0.05) is 11.5 Å². The quantitative estimate of drug-likeness (QED) is 0.645. The highest BCUT2D eigenvalue weighted by Crippen LogP contribution is 2.74. The number of rotatable bonds is 5. The van der Waals surface area contributed by atoms with Gasteiger partial charge >= 0.3 is 0 Å². The van der Waals surface area contributed by atoms with Crippen molar-refractivity contribution in [3.05, 3.63) is 29.8 Å². The average molecular weight is 284 g/mol. The second kappa shape index (κ2) is 4.58. The number of carbonyl (C=O) groups is 1. The van der Waals surface area contributed by atoms with Crippen LogP contribution in [-0.4, -0.2) is 17.2 Å². The Morgan fingerprint density at radius 1 is 1.24 bits per heavy atom. The number of aromatic hydroxyl groups is 1. The normalized spacial score (nSPS) is 26.8. The van der Waals surface area contributed by atoms with Gasteiger partial charge in [-0.25, -0.2) is 5.43 Å². The third-order valence-electron chi connectivity index (χ3n) is 5.35. The number of nitrogens with zero attached hydrogens (tertiary/aromatic N) is 1. The van der Waals surface area contributed by atoms with Crippen LogP contribution in [0.4, 0.5) is 0 Å². The first-order chi connectivity index (χ1) is 10.2. The first-order valence-electron chi connectivity index (χ1n) is 7.83. The summed E-state index contributed by atoms with van der Waals surface area (Å²) in [6.45, 7) is 0. The number of hydrogen-bond donors (Lipinski definition) is 2. The predicted octanol–water partition coefficient (Wildman–Crippen LogP) is 2.67. The molecular formula is C17H20N2O2. The first-order valence-corrected chi connectivity index (χ1v) is 7.83. The Hall–Kier alpha value is -1.84. The van der Waals surface area contributed by atoms with Crippen LogP contribution in [0.2, 0.25) is 0 Å². The number of hydrazone groups is 1. The summed E-state index contributed by atoms with van der Waals surface area (Å²) >= 11 is 0. The molecule has 4 nitrogen and oxygen atoms in total. The van der Waals surface area contributed by atoms with Gasteiger partial charge in [0.25, 0.3) is 0 Å². The van der Waals surface area contributed by atoms with E-state index in [4.69, 9.17) is 0 Å². The summed E-state index contributed by atoms with van der Waals surface area (Å²) in [6, 6.07) is 6.96. The Labute approximate surface area is 124 Å². The fraction of sp³-hybridized carbons (Fsp3) is 0.529. The van der Waals surface area contributed by atoms with Gasteiger partial charge in [0.15, 0.2) is 0 Å². The topological polar surface area (TPSA) is 61.7 Å². The van der Waals surface area contributed by atoms with Crippen molar-refractivity contribution in [1.29, 1.82) is 0 Å². The van der Waals surface area contributed by atoms with Crippen molar-refractivity contribution >= 4 is 12.1 Å². The maximum absolute atomic E-state index is 12.3. The van der Waals surface area contributed by atoms with Gasteiger partial charge in [-0.1, -0.05) is 12.1 Å². The van der Waals surface area contributed by atoms with E-state index in [0.29, 0.717) is 11.0 Å². The molecule has 21 heavy (non-hydrogen) atoms. The van der Waals surface area contributed by atoms with Crippen LogP contribution in [0.3, 0.4) is 0 Å².